The highest BCUT2D eigenvalue weighted by molar-refractivity contribution is 6.10. The number of hydrogen-bond donors (Lipinski definition) is 0. The quantitative estimate of drug-likeness (QED) is 0.231. The van der Waals surface area contributed by atoms with Crippen LogP contribution in [-0.2, 0) is 6.42 Å². The normalized spacial score (nSPS) is 11.6. The van der Waals surface area contributed by atoms with Gasteiger partial charge in [-0.3, -0.25) is 0 Å². The predicted molar refractivity (Wildman–Crippen MR) is 156 cm³/mol. The van der Waals surface area contributed by atoms with Gasteiger partial charge < -0.3 is 0 Å². The molecule has 7 aromatic carbocycles. The van der Waals surface area contributed by atoms with E-state index in [1.807, 2.05) is 0 Å². The van der Waals surface area contributed by atoms with Crippen LogP contribution in [0.3, 0.4) is 0 Å². The molecule has 0 unspecified atom stereocenters. The van der Waals surface area contributed by atoms with Gasteiger partial charge in [-0.25, -0.2) is 0 Å². The predicted octanol–water partition coefficient (Wildman–Crippen LogP) is 9.87. The summed E-state index contributed by atoms with van der Waals surface area (Å²) in [6, 6.07) is 47.0. The zero-order valence-corrected chi connectivity index (χ0v) is 20.3. The Kier molecular flexibility index (Phi) is 4.85. The summed E-state index contributed by atoms with van der Waals surface area (Å²) in [5, 5.41) is 10.6. The molecule has 7 aromatic rings. The second-order valence-corrected chi connectivity index (χ2v) is 9.91. The number of benzene rings is 7. The SMILES string of the molecule is Cc1ccc2c(Cc3ccc4ccc5cc(-c6ccccc6)ccc5c4c3)cc3ccccc3c2c1. The van der Waals surface area contributed by atoms with Gasteiger partial charge in [0, 0.05) is 0 Å². The minimum atomic E-state index is 0.915. The molecule has 0 amide bonds. The van der Waals surface area contributed by atoms with Gasteiger partial charge in [0.2, 0.25) is 0 Å². The number of fused-ring (bicyclic) bond motifs is 6. The highest BCUT2D eigenvalue weighted by atomic mass is 14.1. The first kappa shape index (κ1) is 20.9. The maximum absolute atomic E-state index is 2.40. The van der Waals surface area contributed by atoms with Crippen LogP contribution in [0.2, 0.25) is 0 Å². The van der Waals surface area contributed by atoms with Gasteiger partial charge in [0.05, 0.1) is 0 Å². The van der Waals surface area contributed by atoms with Gasteiger partial charge in [-0.05, 0) is 84.8 Å². The lowest BCUT2D eigenvalue weighted by atomic mass is 9.91. The van der Waals surface area contributed by atoms with Crippen LogP contribution in [-0.4, -0.2) is 0 Å². The van der Waals surface area contributed by atoms with Crippen molar-refractivity contribution in [2.45, 2.75) is 13.3 Å². The van der Waals surface area contributed by atoms with Gasteiger partial charge in [-0.1, -0.05) is 127 Å². The lowest BCUT2D eigenvalue weighted by molar-refractivity contribution is 1.23. The van der Waals surface area contributed by atoms with Crippen molar-refractivity contribution < 1.29 is 0 Å². The van der Waals surface area contributed by atoms with E-state index in [9.17, 15) is 0 Å². The largest absolute Gasteiger partial charge is 0.0622 e. The molecule has 0 aliphatic heterocycles. The van der Waals surface area contributed by atoms with Crippen molar-refractivity contribution in [3.63, 3.8) is 0 Å². The summed E-state index contributed by atoms with van der Waals surface area (Å²) in [6.45, 7) is 2.18. The first-order chi connectivity index (χ1) is 17.7. The molecule has 0 aromatic heterocycles. The average molecular weight is 459 g/mol. The van der Waals surface area contributed by atoms with Crippen molar-refractivity contribution in [1.29, 1.82) is 0 Å². The van der Waals surface area contributed by atoms with Gasteiger partial charge in [-0.15, -0.1) is 0 Å². The van der Waals surface area contributed by atoms with Gasteiger partial charge in [0.25, 0.3) is 0 Å². The Morgan fingerprint density at radius 3 is 2.06 bits per heavy atom. The summed E-state index contributed by atoms with van der Waals surface area (Å²) in [4.78, 5) is 0. The van der Waals surface area contributed by atoms with Crippen molar-refractivity contribution in [2.24, 2.45) is 0 Å². The molecule has 0 saturated heterocycles. The Bertz CT molecular complexity index is 1910. The molecule has 170 valence electrons. The molecule has 0 aliphatic carbocycles. The minimum Gasteiger partial charge on any atom is -0.0622 e. The van der Waals surface area contributed by atoms with Crippen LogP contribution >= 0.6 is 0 Å². The number of hydrogen-bond acceptors (Lipinski definition) is 0. The molecule has 0 spiro atoms. The molecule has 0 nitrogen and oxygen atoms in total. The fraction of sp³-hybridized carbons (Fsp3) is 0.0556. The molecule has 0 heterocycles. The van der Waals surface area contributed by atoms with E-state index in [0.717, 1.165) is 6.42 Å². The van der Waals surface area contributed by atoms with Crippen molar-refractivity contribution in [3.8, 4) is 11.1 Å². The fourth-order valence-corrected chi connectivity index (χ4v) is 5.69. The van der Waals surface area contributed by atoms with Gasteiger partial charge in [0.1, 0.15) is 0 Å². The maximum Gasteiger partial charge on any atom is -0.00192 e. The zero-order chi connectivity index (χ0) is 24.1. The third-order valence-electron chi connectivity index (χ3n) is 7.51. The highest BCUT2D eigenvalue weighted by Crippen LogP contribution is 2.33. The van der Waals surface area contributed by atoms with E-state index in [4.69, 9.17) is 0 Å². The molecule has 36 heavy (non-hydrogen) atoms. The van der Waals surface area contributed by atoms with Crippen molar-refractivity contribution in [3.05, 3.63) is 144 Å². The van der Waals surface area contributed by atoms with Crippen LogP contribution in [0.4, 0.5) is 0 Å². The van der Waals surface area contributed by atoms with Crippen LogP contribution in [0.25, 0.3) is 54.2 Å². The van der Waals surface area contributed by atoms with Gasteiger partial charge in [0.15, 0.2) is 0 Å². The zero-order valence-electron chi connectivity index (χ0n) is 20.3. The molecule has 0 aliphatic rings. The highest BCUT2D eigenvalue weighted by Gasteiger charge is 2.10. The third-order valence-corrected chi connectivity index (χ3v) is 7.51. The van der Waals surface area contributed by atoms with Crippen LogP contribution in [0.1, 0.15) is 16.7 Å². The van der Waals surface area contributed by atoms with E-state index in [2.05, 4.69) is 134 Å². The maximum atomic E-state index is 2.40. The Morgan fingerprint density at radius 2 is 1.14 bits per heavy atom. The van der Waals surface area contributed by atoms with E-state index in [1.165, 1.54) is 70.9 Å². The first-order valence-corrected chi connectivity index (χ1v) is 12.6. The lowest BCUT2D eigenvalue weighted by Crippen LogP contribution is -1.92. The molecule has 0 atom stereocenters. The van der Waals surface area contributed by atoms with E-state index in [0.29, 0.717) is 0 Å². The van der Waals surface area contributed by atoms with E-state index in [-0.39, 0.29) is 0 Å². The minimum absolute atomic E-state index is 0.915. The monoisotopic (exact) mass is 458 g/mol. The molecular weight excluding hydrogens is 432 g/mol. The first-order valence-electron chi connectivity index (χ1n) is 12.6. The van der Waals surface area contributed by atoms with E-state index < -0.39 is 0 Å². The molecule has 0 radical (unpaired) electrons. The van der Waals surface area contributed by atoms with Crippen LogP contribution in [0.5, 0.6) is 0 Å². The van der Waals surface area contributed by atoms with Crippen LogP contribution < -0.4 is 0 Å². The van der Waals surface area contributed by atoms with Gasteiger partial charge in [-0.2, -0.15) is 0 Å². The molecule has 7 rings (SSSR count). The van der Waals surface area contributed by atoms with Crippen LogP contribution in [0.15, 0.2) is 127 Å². The summed E-state index contributed by atoms with van der Waals surface area (Å²) in [5.74, 6) is 0. The van der Waals surface area contributed by atoms with Crippen molar-refractivity contribution in [1.82, 2.24) is 0 Å². The Hall–Kier alpha value is -4.42. The summed E-state index contributed by atoms with van der Waals surface area (Å²) in [6.07, 6.45) is 0.915. The number of rotatable bonds is 3. The Labute approximate surface area is 211 Å². The molecule has 0 heteroatoms. The summed E-state index contributed by atoms with van der Waals surface area (Å²) < 4.78 is 0. The average Bonchev–Trinajstić information content (AvgIpc) is 2.93. The molecular formula is C36H26. The summed E-state index contributed by atoms with van der Waals surface area (Å²) in [5.41, 5.74) is 6.55. The summed E-state index contributed by atoms with van der Waals surface area (Å²) >= 11 is 0. The Morgan fingerprint density at radius 1 is 0.417 bits per heavy atom. The number of aryl methyl sites for hydroxylation is 1. The van der Waals surface area contributed by atoms with Crippen molar-refractivity contribution >= 4 is 43.1 Å². The van der Waals surface area contributed by atoms with E-state index in [1.54, 1.807) is 0 Å². The second-order valence-electron chi connectivity index (χ2n) is 9.91. The topological polar surface area (TPSA) is 0 Å². The molecule has 0 saturated carbocycles. The van der Waals surface area contributed by atoms with Gasteiger partial charge >= 0.3 is 0 Å². The molecule has 0 bridgehead atoms. The third kappa shape index (κ3) is 3.54. The van der Waals surface area contributed by atoms with Crippen molar-refractivity contribution in [2.75, 3.05) is 0 Å². The van der Waals surface area contributed by atoms with Crippen LogP contribution in [0, 0.1) is 6.92 Å². The lowest BCUT2D eigenvalue weighted by Gasteiger charge is -2.13. The fourth-order valence-electron chi connectivity index (χ4n) is 5.69. The molecule has 0 fully saturated rings. The summed E-state index contributed by atoms with van der Waals surface area (Å²) in [7, 11) is 0. The Balaban J connectivity index is 1.36. The van der Waals surface area contributed by atoms with E-state index >= 15 is 0 Å². The smallest absolute Gasteiger partial charge is 0.00192 e. The second kappa shape index (κ2) is 8.36. The molecule has 0 N–H and O–H groups in total. The standard InChI is InChI=1S/C36H26/c1-24-11-17-34-31(23-29-9-5-6-10-32(29)36(34)19-24)20-25-12-13-27-14-15-30-22-28(26-7-3-2-4-8-26)16-18-33(30)35(27)21-25/h2-19,21-23H,20H2,1H3.